The maximum Gasteiger partial charge on any atom is 0.267 e. The van der Waals surface area contributed by atoms with Gasteiger partial charge in [0, 0.05) is 57.7 Å². The third kappa shape index (κ3) is 4.78. The van der Waals surface area contributed by atoms with Gasteiger partial charge in [-0.25, -0.2) is 9.97 Å². The van der Waals surface area contributed by atoms with Crippen LogP contribution < -0.4 is 22.1 Å². The van der Waals surface area contributed by atoms with E-state index in [2.05, 4.69) is 72.4 Å². The van der Waals surface area contributed by atoms with Crippen LogP contribution in [0.1, 0.15) is 44.2 Å². The lowest BCUT2D eigenvalue weighted by Gasteiger charge is -2.51. The molecule has 0 aromatic carbocycles. The average Bonchev–Trinajstić information content (AvgIpc) is 3.63. The number of anilines is 2. The maximum atomic E-state index is 12.8. The average molecular weight is 620 g/mol. The van der Waals surface area contributed by atoms with Gasteiger partial charge >= 0.3 is 0 Å². The summed E-state index contributed by atoms with van der Waals surface area (Å²) in [6.45, 7) is 0.738. The van der Waals surface area contributed by atoms with Gasteiger partial charge < -0.3 is 42.0 Å². The minimum Gasteiger partial charge on any atom is -0.369 e. The predicted octanol–water partition coefficient (Wildman–Crippen LogP) is 2.45. The molecule has 36 heavy (non-hydrogen) atoms. The smallest absolute Gasteiger partial charge is 0.267 e. The number of halogens is 2. The van der Waals surface area contributed by atoms with E-state index in [1.165, 1.54) is 0 Å². The summed E-state index contributed by atoms with van der Waals surface area (Å²) in [6.07, 6.45) is 6.80. The number of hydrogen-bond donors (Lipinski definition) is 8. The topological polar surface area (TPSA) is 199 Å². The summed E-state index contributed by atoms with van der Waals surface area (Å²) >= 11 is 6.70. The van der Waals surface area contributed by atoms with E-state index in [1.807, 2.05) is 0 Å². The first-order chi connectivity index (χ1) is 17.3. The molecule has 5 rings (SSSR count). The summed E-state index contributed by atoms with van der Waals surface area (Å²) in [5.74, 6) is -0.0795. The van der Waals surface area contributed by atoms with Gasteiger partial charge in [0.25, 0.3) is 11.8 Å². The van der Waals surface area contributed by atoms with Gasteiger partial charge in [-0.2, -0.15) is 0 Å². The number of carbonyl (C=O) groups is 2. The molecule has 12 nitrogen and oxygen atoms in total. The molecule has 14 heteroatoms. The largest absolute Gasteiger partial charge is 0.369 e. The van der Waals surface area contributed by atoms with Crippen molar-refractivity contribution < 1.29 is 9.59 Å². The molecule has 4 atom stereocenters. The number of nitrogens with zero attached hydrogens (tertiary/aromatic N) is 2. The second kappa shape index (κ2) is 9.85. The molecular formula is C22H24Br2N10O2. The second-order valence-corrected chi connectivity index (χ2v) is 10.5. The summed E-state index contributed by atoms with van der Waals surface area (Å²) < 4.78 is 1.58. The first kappa shape index (κ1) is 24.2. The highest BCUT2D eigenvalue weighted by atomic mass is 79.9. The highest BCUT2D eigenvalue weighted by Gasteiger charge is 2.53. The van der Waals surface area contributed by atoms with Gasteiger partial charge in [-0.3, -0.25) is 9.59 Å². The Balaban J connectivity index is 1.40. The van der Waals surface area contributed by atoms with Crippen LogP contribution in [0.2, 0.25) is 0 Å². The summed E-state index contributed by atoms with van der Waals surface area (Å²) in [5, 5.41) is 6.04. The lowest BCUT2D eigenvalue weighted by molar-refractivity contribution is 0.0674. The highest BCUT2D eigenvalue weighted by Crippen LogP contribution is 2.56. The van der Waals surface area contributed by atoms with Crippen LogP contribution in [0.4, 0.5) is 11.9 Å². The first-order valence-electron chi connectivity index (χ1n) is 11.1. The van der Waals surface area contributed by atoms with Crippen LogP contribution in [0.3, 0.4) is 0 Å². The van der Waals surface area contributed by atoms with Crippen molar-refractivity contribution in [3.8, 4) is 0 Å². The van der Waals surface area contributed by atoms with Crippen LogP contribution in [0.15, 0.2) is 45.9 Å². The van der Waals surface area contributed by atoms with E-state index in [0.29, 0.717) is 36.4 Å². The lowest BCUT2D eigenvalue weighted by atomic mass is 9.54. The number of aromatic amines is 4. The van der Waals surface area contributed by atoms with Crippen molar-refractivity contribution in [1.29, 1.82) is 0 Å². The quantitative estimate of drug-likeness (QED) is 0.149. The summed E-state index contributed by atoms with van der Waals surface area (Å²) in [6, 6.07) is 3.43. The van der Waals surface area contributed by atoms with E-state index in [9.17, 15) is 9.59 Å². The van der Waals surface area contributed by atoms with E-state index in [1.54, 1.807) is 36.9 Å². The molecule has 10 N–H and O–H groups in total. The Labute approximate surface area is 222 Å². The Morgan fingerprint density at radius 2 is 1.22 bits per heavy atom. The maximum absolute atomic E-state index is 12.8. The van der Waals surface area contributed by atoms with E-state index < -0.39 is 0 Å². The molecule has 188 valence electrons. The fourth-order valence-corrected chi connectivity index (χ4v) is 5.66. The van der Waals surface area contributed by atoms with Gasteiger partial charge in [-0.15, -0.1) is 0 Å². The van der Waals surface area contributed by atoms with Crippen LogP contribution >= 0.6 is 31.9 Å². The van der Waals surface area contributed by atoms with E-state index >= 15 is 0 Å². The molecule has 0 spiro atoms. The summed E-state index contributed by atoms with van der Waals surface area (Å²) in [7, 11) is 0. The Morgan fingerprint density at radius 3 is 1.53 bits per heavy atom. The number of amides is 2. The zero-order valence-electron chi connectivity index (χ0n) is 18.8. The molecule has 0 radical (unpaired) electrons. The van der Waals surface area contributed by atoms with Crippen molar-refractivity contribution in [2.45, 2.75) is 11.8 Å². The zero-order chi connectivity index (χ0) is 25.4. The number of carbonyl (C=O) groups excluding carboxylic acids is 2. The summed E-state index contributed by atoms with van der Waals surface area (Å²) in [5.41, 5.74) is 14.3. The molecule has 2 amide bonds. The molecule has 2 unspecified atom stereocenters. The number of H-pyrrole nitrogens is 4. The van der Waals surface area contributed by atoms with E-state index in [4.69, 9.17) is 11.5 Å². The minimum absolute atomic E-state index is 0.0441. The Bertz CT molecular complexity index is 1280. The van der Waals surface area contributed by atoms with Crippen molar-refractivity contribution in [1.82, 2.24) is 40.5 Å². The molecule has 1 saturated carbocycles. The fraction of sp³-hybridized carbons (Fsp3) is 0.273. The normalized spacial score (nSPS) is 21.2. The van der Waals surface area contributed by atoms with Crippen LogP contribution in [-0.2, 0) is 0 Å². The molecule has 1 fully saturated rings. The van der Waals surface area contributed by atoms with Crippen molar-refractivity contribution in [3.05, 3.63) is 68.6 Å². The molecule has 0 bridgehead atoms. The molecule has 4 aromatic rings. The number of aromatic nitrogens is 6. The predicted molar refractivity (Wildman–Crippen MR) is 140 cm³/mol. The first-order valence-corrected chi connectivity index (χ1v) is 12.7. The SMILES string of the molecule is Nc1ncc(C2[C@H](CNC(=O)c3cc(Br)c[nH]3)C(CNC(=O)c3cc(Br)c[nH]3)[C@@H]2c2cnc(N)[nH]2)[nH]1. The second-order valence-electron chi connectivity index (χ2n) is 8.71. The van der Waals surface area contributed by atoms with Crippen LogP contribution in [0.25, 0.3) is 0 Å². The molecule has 0 aliphatic heterocycles. The number of nitrogen functional groups attached to an aromatic ring is 2. The molecule has 1 aliphatic rings. The van der Waals surface area contributed by atoms with Gasteiger partial charge in [-0.1, -0.05) is 0 Å². The Morgan fingerprint density at radius 1 is 0.806 bits per heavy atom. The third-order valence-corrected chi connectivity index (χ3v) is 7.51. The van der Waals surface area contributed by atoms with Crippen molar-refractivity contribution in [2.75, 3.05) is 24.6 Å². The number of nitrogens with one attached hydrogen (secondary N) is 6. The zero-order valence-corrected chi connectivity index (χ0v) is 22.0. The van der Waals surface area contributed by atoms with Gasteiger partial charge in [0.1, 0.15) is 11.4 Å². The third-order valence-electron chi connectivity index (χ3n) is 6.59. The van der Waals surface area contributed by atoms with E-state index in [0.717, 1.165) is 20.3 Å². The molecule has 4 heterocycles. The number of rotatable bonds is 8. The van der Waals surface area contributed by atoms with Crippen LogP contribution in [-0.4, -0.2) is 54.8 Å². The fourth-order valence-electron chi connectivity index (χ4n) is 4.98. The molecular weight excluding hydrogens is 596 g/mol. The van der Waals surface area contributed by atoms with Gasteiger partial charge in [0.2, 0.25) is 0 Å². The van der Waals surface area contributed by atoms with Crippen LogP contribution in [0, 0.1) is 11.8 Å². The monoisotopic (exact) mass is 618 g/mol. The summed E-state index contributed by atoms with van der Waals surface area (Å²) in [4.78, 5) is 46.0. The number of nitrogens with two attached hydrogens (primary N) is 2. The van der Waals surface area contributed by atoms with Gasteiger partial charge in [0.05, 0.1) is 12.4 Å². The van der Waals surface area contributed by atoms with E-state index in [-0.39, 0.29) is 35.5 Å². The number of hydrogen-bond acceptors (Lipinski definition) is 6. The minimum atomic E-state index is -0.225. The Hall–Kier alpha value is -3.52. The van der Waals surface area contributed by atoms with Crippen molar-refractivity contribution in [2.24, 2.45) is 11.8 Å². The van der Waals surface area contributed by atoms with Crippen molar-refractivity contribution >= 4 is 55.6 Å². The Kier molecular flexibility index (Phi) is 6.62. The lowest BCUT2D eigenvalue weighted by Crippen LogP contribution is -2.53. The molecule has 0 saturated heterocycles. The molecule has 1 aliphatic carbocycles. The molecule has 4 aromatic heterocycles. The number of imidazole rings is 2. The van der Waals surface area contributed by atoms with Crippen molar-refractivity contribution in [3.63, 3.8) is 0 Å². The highest BCUT2D eigenvalue weighted by molar-refractivity contribution is 9.10. The van der Waals surface area contributed by atoms with Crippen LogP contribution in [0.5, 0.6) is 0 Å². The van der Waals surface area contributed by atoms with Gasteiger partial charge in [-0.05, 0) is 55.8 Å². The standard InChI is InChI=1S/C22H24Br2N10O2/c23-9-1-13(27-3-9)19(35)29-5-11-12(6-30-20(36)14-2-10(24)4-28-14)18(16-8-32-22(26)34-16)17(11)15-7-31-21(25)33-15/h1-4,7-8,11-12,17-18,27-28H,5-6H2,(H,29,35)(H,30,36)(H3,25,31,33)(H3,26,32,34)/t11-,12?,17?,18-/m1/s1. The van der Waals surface area contributed by atoms with Gasteiger partial charge in [0.15, 0.2) is 11.9 Å².